The van der Waals surface area contributed by atoms with Crippen LogP contribution < -0.4 is 0 Å². The van der Waals surface area contributed by atoms with Crippen LogP contribution in [0.4, 0.5) is 0 Å². The first-order chi connectivity index (χ1) is 8.61. The first-order valence-electron chi connectivity index (χ1n) is 6.00. The van der Waals surface area contributed by atoms with Crippen LogP contribution in [0.15, 0.2) is 6.07 Å². The van der Waals surface area contributed by atoms with Crippen molar-refractivity contribution in [2.24, 2.45) is 12.5 Å². The van der Waals surface area contributed by atoms with Gasteiger partial charge >= 0.3 is 0 Å². The number of hydrogen-bond acceptors (Lipinski definition) is 2. The predicted molar refractivity (Wildman–Crippen MR) is 77.9 cm³/mol. The minimum atomic E-state index is -0.285. The molecule has 0 aliphatic heterocycles. The number of likely N-dealkylation sites (N-methyl/N-ethyl adjacent to an activating group) is 1. The molecule has 0 spiro atoms. The zero-order valence-electron chi connectivity index (χ0n) is 11.9. The molecule has 0 aliphatic carbocycles. The molecule has 19 heavy (non-hydrogen) atoms. The van der Waals surface area contributed by atoms with E-state index in [4.69, 9.17) is 23.2 Å². The van der Waals surface area contributed by atoms with Gasteiger partial charge < -0.3 is 14.6 Å². The van der Waals surface area contributed by atoms with E-state index < -0.39 is 0 Å². The molecule has 0 radical (unpaired) electrons. The Kier molecular flexibility index (Phi) is 4.93. The Balaban J connectivity index is 3.09. The van der Waals surface area contributed by atoms with E-state index >= 15 is 0 Å². The van der Waals surface area contributed by atoms with Crippen LogP contribution in [0.3, 0.4) is 0 Å². The zero-order chi connectivity index (χ0) is 15.0. The summed E-state index contributed by atoms with van der Waals surface area (Å²) in [5.41, 5.74) is 0.179. The summed E-state index contributed by atoms with van der Waals surface area (Å²) in [6.45, 7) is 5.82. The molecule has 1 amide bonds. The Labute approximate surface area is 123 Å². The SMILES string of the molecule is CN(C(=O)c1cc(Cl)c(Cl)n1C)[C@H](CO)C(C)(C)C. The van der Waals surface area contributed by atoms with Crippen molar-refractivity contribution in [2.45, 2.75) is 26.8 Å². The highest BCUT2D eigenvalue weighted by atomic mass is 35.5. The molecule has 0 saturated carbocycles. The van der Waals surface area contributed by atoms with Gasteiger partial charge in [0.2, 0.25) is 0 Å². The van der Waals surface area contributed by atoms with Crippen LogP contribution in [0.2, 0.25) is 10.2 Å². The van der Waals surface area contributed by atoms with E-state index in [1.807, 2.05) is 20.8 Å². The molecule has 1 heterocycles. The smallest absolute Gasteiger partial charge is 0.270 e. The highest BCUT2D eigenvalue weighted by Gasteiger charge is 2.32. The number of amides is 1. The van der Waals surface area contributed by atoms with Gasteiger partial charge in [-0.3, -0.25) is 4.79 Å². The fourth-order valence-corrected chi connectivity index (χ4v) is 2.42. The van der Waals surface area contributed by atoms with Crippen molar-refractivity contribution in [2.75, 3.05) is 13.7 Å². The second kappa shape index (κ2) is 5.73. The van der Waals surface area contributed by atoms with Crippen molar-refractivity contribution < 1.29 is 9.90 Å². The minimum absolute atomic E-state index is 0.0996. The topological polar surface area (TPSA) is 45.5 Å². The molecule has 6 heteroatoms. The second-order valence-electron chi connectivity index (χ2n) is 5.71. The summed E-state index contributed by atoms with van der Waals surface area (Å²) in [5, 5.41) is 10.2. The molecule has 4 nitrogen and oxygen atoms in total. The summed E-state index contributed by atoms with van der Waals surface area (Å²) in [6.07, 6.45) is 0. The summed E-state index contributed by atoms with van der Waals surface area (Å²) >= 11 is 11.9. The average Bonchev–Trinajstić information content (AvgIpc) is 2.55. The van der Waals surface area contributed by atoms with E-state index in [0.29, 0.717) is 15.9 Å². The van der Waals surface area contributed by atoms with Crippen LogP contribution in [0.1, 0.15) is 31.3 Å². The quantitative estimate of drug-likeness (QED) is 0.933. The number of rotatable bonds is 3. The van der Waals surface area contributed by atoms with Crippen molar-refractivity contribution in [1.82, 2.24) is 9.47 Å². The van der Waals surface area contributed by atoms with Crippen molar-refractivity contribution in [3.05, 3.63) is 21.9 Å². The van der Waals surface area contributed by atoms with Gasteiger partial charge in [0.1, 0.15) is 10.8 Å². The fourth-order valence-electron chi connectivity index (χ4n) is 2.05. The lowest BCUT2D eigenvalue weighted by Crippen LogP contribution is -2.47. The standard InChI is InChI=1S/C13H20Cl2N2O2/c1-13(2,3)10(7-18)17(5)12(19)9-6-8(14)11(15)16(9)4/h6,10,18H,7H2,1-5H3/t10-/m1/s1. The number of halogens is 2. The molecular formula is C13H20Cl2N2O2. The number of aliphatic hydroxyl groups excluding tert-OH is 1. The number of aliphatic hydroxyl groups is 1. The van der Waals surface area contributed by atoms with Crippen LogP contribution in [-0.4, -0.2) is 40.2 Å². The summed E-state index contributed by atoms with van der Waals surface area (Å²) in [4.78, 5) is 14.0. The van der Waals surface area contributed by atoms with Gasteiger partial charge in [0.05, 0.1) is 17.7 Å². The normalized spacial score (nSPS) is 13.5. The lowest BCUT2D eigenvalue weighted by molar-refractivity contribution is 0.0425. The maximum absolute atomic E-state index is 12.5. The Morgan fingerprint density at radius 1 is 1.47 bits per heavy atom. The van der Waals surface area contributed by atoms with Crippen LogP contribution in [0.25, 0.3) is 0 Å². The number of carbonyl (C=O) groups is 1. The zero-order valence-corrected chi connectivity index (χ0v) is 13.4. The number of hydrogen-bond donors (Lipinski definition) is 1. The molecule has 1 aromatic rings. The van der Waals surface area contributed by atoms with Gasteiger partial charge in [0.15, 0.2) is 0 Å². The van der Waals surface area contributed by atoms with E-state index in [2.05, 4.69) is 0 Å². The number of aromatic nitrogens is 1. The van der Waals surface area contributed by atoms with Crippen molar-refractivity contribution in [3.8, 4) is 0 Å². The van der Waals surface area contributed by atoms with Crippen LogP contribution >= 0.6 is 23.2 Å². The third-order valence-corrected chi connectivity index (χ3v) is 4.14. The monoisotopic (exact) mass is 306 g/mol. The van der Waals surface area contributed by atoms with E-state index in [1.165, 1.54) is 4.90 Å². The van der Waals surface area contributed by atoms with Crippen LogP contribution in [0.5, 0.6) is 0 Å². The van der Waals surface area contributed by atoms with Gasteiger partial charge in [0, 0.05) is 14.1 Å². The van der Waals surface area contributed by atoms with Crippen LogP contribution in [-0.2, 0) is 7.05 Å². The Morgan fingerprint density at radius 2 is 2.00 bits per heavy atom. The molecule has 1 rings (SSSR count). The van der Waals surface area contributed by atoms with E-state index in [0.717, 1.165) is 0 Å². The lowest BCUT2D eigenvalue weighted by Gasteiger charge is -2.36. The second-order valence-corrected chi connectivity index (χ2v) is 6.47. The first-order valence-corrected chi connectivity index (χ1v) is 6.75. The number of carbonyl (C=O) groups excluding carboxylic acids is 1. The molecule has 0 saturated heterocycles. The molecule has 0 unspecified atom stereocenters. The molecule has 1 atom stereocenters. The Bertz CT molecular complexity index is 478. The van der Waals surface area contributed by atoms with E-state index in [9.17, 15) is 9.90 Å². The van der Waals surface area contributed by atoms with Gasteiger partial charge in [-0.05, 0) is 11.5 Å². The Morgan fingerprint density at radius 3 is 2.32 bits per heavy atom. The third-order valence-electron chi connectivity index (χ3n) is 3.30. The molecule has 108 valence electrons. The lowest BCUT2D eigenvalue weighted by atomic mass is 9.86. The van der Waals surface area contributed by atoms with E-state index in [1.54, 1.807) is 24.7 Å². The fraction of sp³-hybridized carbons (Fsp3) is 0.615. The maximum Gasteiger partial charge on any atom is 0.270 e. The molecule has 0 bridgehead atoms. The summed E-state index contributed by atoms with van der Waals surface area (Å²) in [6, 6.07) is 1.26. The van der Waals surface area contributed by atoms with Gasteiger partial charge in [-0.2, -0.15) is 0 Å². The molecule has 1 N–H and O–H groups in total. The van der Waals surface area contributed by atoms with Gasteiger partial charge in [0.25, 0.3) is 5.91 Å². The van der Waals surface area contributed by atoms with Crippen molar-refractivity contribution in [1.29, 1.82) is 0 Å². The maximum atomic E-state index is 12.5. The van der Waals surface area contributed by atoms with Crippen LogP contribution in [0, 0.1) is 5.41 Å². The highest BCUT2D eigenvalue weighted by molar-refractivity contribution is 6.41. The van der Waals surface area contributed by atoms with E-state index in [-0.39, 0.29) is 24.0 Å². The predicted octanol–water partition coefficient (Wildman–Crippen LogP) is 2.81. The van der Waals surface area contributed by atoms with Gasteiger partial charge in [-0.1, -0.05) is 44.0 Å². The molecule has 0 aromatic carbocycles. The molecular weight excluding hydrogens is 287 g/mol. The van der Waals surface area contributed by atoms with Crippen molar-refractivity contribution >= 4 is 29.1 Å². The highest BCUT2D eigenvalue weighted by Crippen LogP contribution is 2.28. The molecule has 1 aromatic heterocycles. The average molecular weight is 307 g/mol. The van der Waals surface area contributed by atoms with Gasteiger partial charge in [-0.15, -0.1) is 0 Å². The third kappa shape index (κ3) is 3.25. The Hall–Kier alpha value is -0.710. The minimum Gasteiger partial charge on any atom is -0.394 e. The van der Waals surface area contributed by atoms with Crippen molar-refractivity contribution in [3.63, 3.8) is 0 Å². The number of nitrogens with zero attached hydrogens (tertiary/aromatic N) is 2. The summed E-state index contributed by atoms with van der Waals surface area (Å²) < 4.78 is 1.54. The first kappa shape index (κ1) is 16.3. The summed E-state index contributed by atoms with van der Waals surface area (Å²) in [7, 11) is 3.35. The molecule has 0 aliphatic rings. The summed E-state index contributed by atoms with van der Waals surface area (Å²) in [5.74, 6) is -0.217. The largest absolute Gasteiger partial charge is 0.394 e. The molecule has 0 fully saturated rings. The van der Waals surface area contributed by atoms with Gasteiger partial charge in [-0.25, -0.2) is 0 Å².